The van der Waals surface area contributed by atoms with E-state index in [4.69, 9.17) is 5.11 Å². The molecule has 1 saturated heterocycles. The van der Waals surface area contributed by atoms with E-state index in [0.29, 0.717) is 12.3 Å². The van der Waals surface area contributed by atoms with Gasteiger partial charge in [0.25, 0.3) is 0 Å². The van der Waals surface area contributed by atoms with Gasteiger partial charge in [-0.2, -0.15) is 0 Å². The van der Waals surface area contributed by atoms with Crippen LogP contribution in [0.1, 0.15) is 13.3 Å². The van der Waals surface area contributed by atoms with Crippen LogP contribution in [-0.4, -0.2) is 59.3 Å². The van der Waals surface area contributed by atoms with Crippen LogP contribution in [0.3, 0.4) is 0 Å². The van der Waals surface area contributed by atoms with Crippen molar-refractivity contribution in [2.75, 3.05) is 25.9 Å². The standard InChI is InChI=1S/C10H19N3O3S/c1-7-13(8(6-17-7)9(14)15)10(16)12-5-3-4-11-2/h7-8,11H,3-6H2,1-2H3,(H,12,16)(H,14,15). The predicted octanol–water partition coefficient (Wildman–Crippen LogP) is 0.154. The molecule has 2 amide bonds. The summed E-state index contributed by atoms with van der Waals surface area (Å²) in [5.74, 6) is -0.479. The second-order valence-corrected chi connectivity index (χ2v) is 5.23. The zero-order chi connectivity index (χ0) is 12.8. The minimum absolute atomic E-state index is 0.0830. The Morgan fingerprint density at radius 2 is 2.18 bits per heavy atom. The van der Waals surface area contributed by atoms with Crippen LogP contribution in [-0.2, 0) is 4.79 Å². The van der Waals surface area contributed by atoms with Gasteiger partial charge >= 0.3 is 12.0 Å². The van der Waals surface area contributed by atoms with Gasteiger partial charge in [0, 0.05) is 12.3 Å². The Balaban J connectivity index is 2.45. The average molecular weight is 261 g/mol. The highest BCUT2D eigenvalue weighted by molar-refractivity contribution is 8.00. The van der Waals surface area contributed by atoms with Crippen molar-refractivity contribution in [3.8, 4) is 0 Å². The third-order valence-corrected chi connectivity index (χ3v) is 3.84. The molecule has 17 heavy (non-hydrogen) atoms. The quantitative estimate of drug-likeness (QED) is 0.614. The number of hydrogen-bond acceptors (Lipinski definition) is 4. The molecule has 98 valence electrons. The third kappa shape index (κ3) is 3.78. The summed E-state index contributed by atoms with van der Waals surface area (Å²) in [6, 6.07) is -0.995. The fourth-order valence-electron chi connectivity index (χ4n) is 1.69. The highest BCUT2D eigenvalue weighted by atomic mass is 32.2. The predicted molar refractivity (Wildman–Crippen MR) is 67.1 cm³/mol. The van der Waals surface area contributed by atoms with Crippen molar-refractivity contribution in [2.45, 2.75) is 24.8 Å². The zero-order valence-electron chi connectivity index (χ0n) is 10.1. The lowest BCUT2D eigenvalue weighted by Crippen LogP contribution is -2.49. The van der Waals surface area contributed by atoms with Crippen molar-refractivity contribution in [3.05, 3.63) is 0 Å². The largest absolute Gasteiger partial charge is 0.480 e. The van der Waals surface area contributed by atoms with Gasteiger partial charge in [0.15, 0.2) is 0 Å². The molecule has 0 bridgehead atoms. The van der Waals surface area contributed by atoms with E-state index >= 15 is 0 Å². The highest BCUT2D eigenvalue weighted by Crippen LogP contribution is 2.28. The molecule has 1 fully saturated rings. The maximum Gasteiger partial charge on any atom is 0.327 e. The Morgan fingerprint density at radius 3 is 2.76 bits per heavy atom. The molecule has 2 atom stereocenters. The number of nitrogens with one attached hydrogen (secondary N) is 2. The average Bonchev–Trinajstić information content (AvgIpc) is 2.66. The topological polar surface area (TPSA) is 81.7 Å². The van der Waals surface area contributed by atoms with Gasteiger partial charge in [-0.3, -0.25) is 4.90 Å². The van der Waals surface area contributed by atoms with Gasteiger partial charge in [0.05, 0.1) is 5.37 Å². The molecule has 3 N–H and O–H groups in total. The second-order valence-electron chi connectivity index (χ2n) is 3.88. The van der Waals surface area contributed by atoms with Crippen LogP contribution in [0.4, 0.5) is 4.79 Å². The number of carboxylic acid groups (broad SMARTS) is 1. The van der Waals surface area contributed by atoms with Crippen molar-refractivity contribution in [1.82, 2.24) is 15.5 Å². The molecule has 0 aliphatic carbocycles. The molecule has 1 rings (SSSR count). The lowest BCUT2D eigenvalue weighted by atomic mass is 10.3. The fraction of sp³-hybridized carbons (Fsp3) is 0.800. The van der Waals surface area contributed by atoms with E-state index in [0.717, 1.165) is 13.0 Å². The number of amides is 2. The molecule has 1 aliphatic heterocycles. The van der Waals surface area contributed by atoms with Crippen molar-refractivity contribution in [1.29, 1.82) is 0 Å². The Bertz CT molecular complexity index is 288. The number of urea groups is 1. The van der Waals surface area contributed by atoms with E-state index in [2.05, 4.69) is 10.6 Å². The first kappa shape index (κ1) is 14.1. The number of carbonyl (C=O) groups is 2. The molecule has 7 heteroatoms. The van der Waals surface area contributed by atoms with Crippen molar-refractivity contribution >= 4 is 23.8 Å². The van der Waals surface area contributed by atoms with E-state index < -0.39 is 12.0 Å². The summed E-state index contributed by atoms with van der Waals surface area (Å²) in [6.45, 7) is 3.23. The van der Waals surface area contributed by atoms with E-state index in [-0.39, 0.29) is 11.4 Å². The maximum absolute atomic E-state index is 11.9. The molecule has 0 saturated carbocycles. The van der Waals surface area contributed by atoms with Gasteiger partial charge in [-0.25, -0.2) is 9.59 Å². The Labute approximate surface area is 105 Å². The van der Waals surface area contributed by atoms with Gasteiger partial charge in [-0.05, 0) is 26.9 Å². The minimum Gasteiger partial charge on any atom is -0.480 e. The number of aliphatic carboxylic acids is 1. The zero-order valence-corrected chi connectivity index (χ0v) is 10.9. The van der Waals surface area contributed by atoms with Crippen molar-refractivity contribution in [3.63, 3.8) is 0 Å². The van der Waals surface area contributed by atoms with Crippen LogP contribution in [0.25, 0.3) is 0 Å². The first-order valence-corrected chi connectivity index (χ1v) is 6.68. The molecule has 0 radical (unpaired) electrons. The molecule has 0 spiro atoms. The van der Waals surface area contributed by atoms with Gasteiger partial charge in [0.2, 0.25) is 0 Å². The summed E-state index contributed by atoms with van der Waals surface area (Å²) in [5.41, 5.74) is 0. The molecule has 2 unspecified atom stereocenters. The normalized spacial score (nSPS) is 23.8. The maximum atomic E-state index is 11.9. The van der Waals surface area contributed by atoms with E-state index in [1.165, 1.54) is 16.7 Å². The van der Waals surface area contributed by atoms with E-state index in [1.807, 2.05) is 14.0 Å². The summed E-state index contributed by atoms with van der Waals surface area (Å²) in [7, 11) is 1.85. The van der Waals surface area contributed by atoms with Crippen LogP contribution in [0, 0.1) is 0 Å². The summed E-state index contributed by atoms with van der Waals surface area (Å²) in [5, 5.41) is 14.7. The Kier molecular flexibility index (Phi) is 5.57. The first-order valence-electron chi connectivity index (χ1n) is 5.63. The van der Waals surface area contributed by atoms with Gasteiger partial charge in [-0.15, -0.1) is 11.8 Å². The molecular weight excluding hydrogens is 242 g/mol. The third-order valence-electron chi connectivity index (χ3n) is 2.62. The van der Waals surface area contributed by atoms with Crippen LogP contribution in [0.2, 0.25) is 0 Å². The van der Waals surface area contributed by atoms with Crippen molar-refractivity contribution in [2.24, 2.45) is 0 Å². The molecule has 0 aromatic rings. The minimum atomic E-state index is -0.938. The molecule has 0 aromatic carbocycles. The van der Waals surface area contributed by atoms with Crippen molar-refractivity contribution < 1.29 is 14.7 Å². The summed E-state index contributed by atoms with van der Waals surface area (Å²) < 4.78 is 0. The number of carboxylic acids is 1. The number of rotatable bonds is 5. The number of thioether (sulfide) groups is 1. The summed E-state index contributed by atoms with van der Waals surface area (Å²) >= 11 is 1.49. The molecule has 0 aromatic heterocycles. The molecular formula is C10H19N3O3S. The second kappa shape index (κ2) is 6.70. The monoisotopic (exact) mass is 261 g/mol. The van der Waals surface area contributed by atoms with Crippen LogP contribution in [0.5, 0.6) is 0 Å². The lowest BCUT2D eigenvalue weighted by Gasteiger charge is -2.25. The highest BCUT2D eigenvalue weighted by Gasteiger charge is 2.39. The summed E-state index contributed by atoms with van der Waals surface area (Å²) in [4.78, 5) is 24.3. The number of nitrogens with zero attached hydrogens (tertiary/aromatic N) is 1. The number of hydrogen-bond donors (Lipinski definition) is 3. The Morgan fingerprint density at radius 1 is 1.47 bits per heavy atom. The SMILES string of the molecule is CNCCCNC(=O)N1C(C)SCC1C(=O)O. The Hall–Kier alpha value is -0.950. The van der Waals surface area contributed by atoms with E-state index in [9.17, 15) is 9.59 Å². The first-order chi connectivity index (χ1) is 8.07. The smallest absolute Gasteiger partial charge is 0.327 e. The van der Waals surface area contributed by atoms with Crippen LogP contribution >= 0.6 is 11.8 Å². The molecule has 1 aliphatic rings. The summed E-state index contributed by atoms with van der Waals surface area (Å²) in [6.07, 6.45) is 0.829. The van der Waals surface area contributed by atoms with Crippen LogP contribution < -0.4 is 10.6 Å². The van der Waals surface area contributed by atoms with Gasteiger partial charge in [0.1, 0.15) is 6.04 Å². The fourth-order valence-corrected chi connectivity index (χ4v) is 2.86. The number of carbonyl (C=O) groups excluding carboxylic acids is 1. The lowest BCUT2D eigenvalue weighted by molar-refractivity contribution is -0.141. The van der Waals surface area contributed by atoms with Gasteiger partial charge in [-0.1, -0.05) is 0 Å². The van der Waals surface area contributed by atoms with E-state index in [1.54, 1.807) is 0 Å². The molecule has 1 heterocycles. The molecule has 6 nitrogen and oxygen atoms in total. The van der Waals surface area contributed by atoms with Gasteiger partial charge < -0.3 is 15.7 Å². The van der Waals surface area contributed by atoms with Crippen LogP contribution in [0.15, 0.2) is 0 Å².